The highest BCUT2D eigenvalue weighted by atomic mass is 19.4. The van der Waals surface area contributed by atoms with Gasteiger partial charge in [0.05, 0.1) is 17.8 Å². The molecule has 2 aliphatic rings. The van der Waals surface area contributed by atoms with Gasteiger partial charge in [0.1, 0.15) is 11.9 Å². The summed E-state index contributed by atoms with van der Waals surface area (Å²) in [5.74, 6) is -0.141. The van der Waals surface area contributed by atoms with Gasteiger partial charge in [0.25, 0.3) is 0 Å². The van der Waals surface area contributed by atoms with Crippen molar-refractivity contribution in [3.05, 3.63) is 23.8 Å². The number of hydrogen-bond donors (Lipinski definition) is 1. The van der Waals surface area contributed by atoms with Crippen molar-refractivity contribution in [3.8, 4) is 5.75 Å². The molecule has 0 aromatic heterocycles. The summed E-state index contributed by atoms with van der Waals surface area (Å²) in [5.41, 5.74) is 4.57. The van der Waals surface area contributed by atoms with Gasteiger partial charge < -0.3 is 15.2 Å². The lowest BCUT2D eigenvalue weighted by Crippen LogP contribution is -2.48. The highest BCUT2D eigenvalue weighted by molar-refractivity contribution is 5.49. The molecular formula is C15H18F3NO2. The number of hydrogen-bond acceptors (Lipinski definition) is 3. The number of nitrogen functional groups attached to an aromatic ring is 1. The number of alkyl halides is 3. The minimum atomic E-state index is -4.47. The van der Waals surface area contributed by atoms with Gasteiger partial charge in [-0.25, -0.2) is 0 Å². The zero-order valence-electron chi connectivity index (χ0n) is 11.6. The predicted octanol–water partition coefficient (Wildman–Crippen LogP) is 3.77. The second-order valence-corrected chi connectivity index (χ2v) is 5.87. The molecule has 1 atom stereocenters. The summed E-state index contributed by atoms with van der Waals surface area (Å²) in [7, 11) is 0. The first kappa shape index (κ1) is 14.5. The van der Waals surface area contributed by atoms with E-state index >= 15 is 0 Å². The van der Waals surface area contributed by atoms with E-state index in [1.165, 1.54) is 12.1 Å². The molecule has 1 aliphatic heterocycles. The van der Waals surface area contributed by atoms with Crippen molar-refractivity contribution in [1.82, 2.24) is 0 Å². The van der Waals surface area contributed by atoms with Crippen molar-refractivity contribution >= 4 is 5.69 Å². The molecule has 1 aromatic rings. The maximum atomic E-state index is 13.1. The Labute approximate surface area is 121 Å². The van der Waals surface area contributed by atoms with Crippen molar-refractivity contribution in [2.75, 3.05) is 12.3 Å². The summed E-state index contributed by atoms with van der Waals surface area (Å²) in [5, 5.41) is 0. The van der Waals surface area contributed by atoms with Crippen LogP contribution in [0.2, 0.25) is 0 Å². The Kier molecular flexibility index (Phi) is 3.51. The van der Waals surface area contributed by atoms with Gasteiger partial charge in [-0.3, -0.25) is 0 Å². The van der Waals surface area contributed by atoms with Gasteiger partial charge in [-0.1, -0.05) is 0 Å². The second kappa shape index (κ2) is 5.09. The Bertz CT molecular complexity index is 526. The largest absolute Gasteiger partial charge is 0.490 e. The quantitative estimate of drug-likeness (QED) is 0.846. The molecule has 1 heterocycles. The molecule has 3 rings (SSSR count). The van der Waals surface area contributed by atoms with E-state index in [4.69, 9.17) is 15.2 Å². The van der Waals surface area contributed by atoms with Crippen LogP contribution in [0.3, 0.4) is 0 Å². The highest BCUT2D eigenvalue weighted by Crippen LogP contribution is 2.44. The van der Waals surface area contributed by atoms with Crippen LogP contribution in [0.25, 0.3) is 0 Å². The Morgan fingerprint density at radius 3 is 2.67 bits per heavy atom. The van der Waals surface area contributed by atoms with Crippen LogP contribution in [0.4, 0.5) is 18.9 Å². The summed E-state index contributed by atoms with van der Waals surface area (Å²) in [6, 6.07) is 3.66. The topological polar surface area (TPSA) is 44.5 Å². The lowest BCUT2D eigenvalue weighted by atomic mass is 9.74. The van der Waals surface area contributed by atoms with E-state index in [9.17, 15) is 13.2 Å². The standard InChI is InChI=1S/C15H18F3NO2/c16-15(17,18)12-8-10(19)2-3-13(12)21-11-4-7-20-14(9-11)5-1-6-14/h2-3,8,11H,1,4-7,9,19H2. The van der Waals surface area contributed by atoms with Gasteiger partial charge in [-0.2, -0.15) is 13.2 Å². The molecule has 1 saturated heterocycles. The van der Waals surface area contributed by atoms with Crippen molar-refractivity contribution in [2.24, 2.45) is 0 Å². The van der Waals surface area contributed by atoms with E-state index in [1.54, 1.807) is 0 Å². The summed E-state index contributed by atoms with van der Waals surface area (Å²) < 4.78 is 50.6. The molecule has 1 saturated carbocycles. The van der Waals surface area contributed by atoms with Crippen LogP contribution in [0, 0.1) is 0 Å². The maximum absolute atomic E-state index is 13.1. The van der Waals surface area contributed by atoms with Gasteiger partial charge in [0.2, 0.25) is 0 Å². The van der Waals surface area contributed by atoms with Crippen molar-refractivity contribution in [1.29, 1.82) is 0 Å². The monoisotopic (exact) mass is 301 g/mol. The fourth-order valence-corrected chi connectivity index (χ4v) is 3.05. The lowest BCUT2D eigenvalue weighted by molar-refractivity contribution is -0.156. The Morgan fingerprint density at radius 2 is 2.05 bits per heavy atom. The van der Waals surface area contributed by atoms with Crippen LogP contribution in [0.15, 0.2) is 18.2 Å². The Hall–Kier alpha value is -1.43. The van der Waals surface area contributed by atoms with Crippen LogP contribution < -0.4 is 10.5 Å². The minimum Gasteiger partial charge on any atom is -0.490 e. The molecular weight excluding hydrogens is 283 g/mol. The third-order valence-corrected chi connectivity index (χ3v) is 4.32. The first-order valence-electron chi connectivity index (χ1n) is 7.15. The molecule has 0 bridgehead atoms. The van der Waals surface area contributed by atoms with E-state index in [2.05, 4.69) is 0 Å². The van der Waals surface area contributed by atoms with Gasteiger partial charge >= 0.3 is 6.18 Å². The average molecular weight is 301 g/mol. The Balaban J connectivity index is 1.78. The minimum absolute atomic E-state index is 0.0807. The summed E-state index contributed by atoms with van der Waals surface area (Å²) in [6.45, 7) is 0.543. The fraction of sp³-hybridized carbons (Fsp3) is 0.600. The average Bonchev–Trinajstić information content (AvgIpc) is 2.38. The smallest absolute Gasteiger partial charge is 0.420 e. The summed E-state index contributed by atoms with van der Waals surface area (Å²) >= 11 is 0. The molecule has 0 radical (unpaired) electrons. The van der Waals surface area contributed by atoms with E-state index in [0.717, 1.165) is 25.3 Å². The van der Waals surface area contributed by atoms with E-state index < -0.39 is 11.7 Å². The van der Waals surface area contributed by atoms with Crippen LogP contribution in [-0.2, 0) is 10.9 Å². The van der Waals surface area contributed by atoms with Gasteiger partial charge in [-0.15, -0.1) is 0 Å². The van der Waals surface area contributed by atoms with E-state index in [-0.39, 0.29) is 23.1 Å². The third-order valence-electron chi connectivity index (χ3n) is 4.32. The molecule has 1 aliphatic carbocycles. The SMILES string of the molecule is Nc1ccc(OC2CCOC3(CCC3)C2)c(C(F)(F)F)c1. The zero-order chi connectivity index (χ0) is 15.1. The summed E-state index contributed by atoms with van der Waals surface area (Å²) in [6.07, 6.45) is -0.366. The molecule has 0 amide bonds. The van der Waals surface area contributed by atoms with E-state index in [1.807, 2.05) is 0 Å². The highest BCUT2D eigenvalue weighted by Gasteiger charge is 2.44. The number of nitrogens with two attached hydrogens (primary N) is 1. The Morgan fingerprint density at radius 1 is 1.29 bits per heavy atom. The van der Waals surface area contributed by atoms with E-state index in [0.29, 0.717) is 19.4 Å². The lowest BCUT2D eigenvalue weighted by Gasteiger charge is -2.47. The van der Waals surface area contributed by atoms with Gasteiger partial charge in [0.15, 0.2) is 0 Å². The molecule has 6 heteroatoms. The molecule has 1 aromatic carbocycles. The first-order chi connectivity index (χ1) is 9.88. The van der Waals surface area contributed by atoms with Gasteiger partial charge in [-0.05, 0) is 37.5 Å². The molecule has 116 valence electrons. The van der Waals surface area contributed by atoms with Crippen molar-refractivity contribution in [2.45, 2.75) is 50.0 Å². The number of ether oxygens (including phenoxy) is 2. The predicted molar refractivity (Wildman–Crippen MR) is 72.0 cm³/mol. The first-order valence-corrected chi connectivity index (χ1v) is 7.15. The molecule has 2 fully saturated rings. The maximum Gasteiger partial charge on any atom is 0.420 e. The van der Waals surface area contributed by atoms with Crippen LogP contribution in [0.5, 0.6) is 5.75 Å². The molecule has 2 N–H and O–H groups in total. The molecule has 21 heavy (non-hydrogen) atoms. The number of rotatable bonds is 2. The number of halogens is 3. The van der Waals surface area contributed by atoms with Crippen LogP contribution in [-0.4, -0.2) is 18.3 Å². The number of benzene rings is 1. The van der Waals surface area contributed by atoms with Crippen molar-refractivity contribution in [3.63, 3.8) is 0 Å². The van der Waals surface area contributed by atoms with Crippen LogP contribution >= 0.6 is 0 Å². The third kappa shape index (κ3) is 2.95. The molecule has 3 nitrogen and oxygen atoms in total. The van der Waals surface area contributed by atoms with Crippen molar-refractivity contribution < 1.29 is 22.6 Å². The fourth-order valence-electron chi connectivity index (χ4n) is 3.05. The van der Waals surface area contributed by atoms with Gasteiger partial charge in [0, 0.05) is 18.5 Å². The number of anilines is 1. The molecule has 1 spiro atoms. The second-order valence-electron chi connectivity index (χ2n) is 5.87. The van der Waals surface area contributed by atoms with Crippen LogP contribution in [0.1, 0.15) is 37.7 Å². The summed E-state index contributed by atoms with van der Waals surface area (Å²) in [4.78, 5) is 0. The normalized spacial score (nSPS) is 24.6. The zero-order valence-corrected chi connectivity index (χ0v) is 11.6. The molecule has 1 unspecified atom stereocenters.